The van der Waals surface area contributed by atoms with Gasteiger partial charge < -0.3 is 24.4 Å². The number of fused-ring (bicyclic) bond motifs is 1. The number of aliphatic hydroxyl groups is 1. The fraction of sp³-hybridized carbons (Fsp3) is 0.542. The van der Waals surface area contributed by atoms with E-state index in [0.29, 0.717) is 43.4 Å². The first-order valence-corrected chi connectivity index (χ1v) is 11.5. The molecule has 4 aliphatic heterocycles. The van der Waals surface area contributed by atoms with Crippen LogP contribution in [0.2, 0.25) is 0 Å². The number of hydrogen-bond donors (Lipinski definition) is 1. The number of likely N-dealkylation sites (tertiary alicyclic amines) is 1. The maximum Gasteiger partial charge on any atom is 0.338 e. The Balaban J connectivity index is 1.12. The molecule has 2 fully saturated rings. The van der Waals surface area contributed by atoms with Gasteiger partial charge in [0, 0.05) is 37.8 Å². The number of carbonyl (C=O) groups is 3. The quantitative estimate of drug-likeness (QED) is 0.651. The Morgan fingerprint density at radius 3 is 2.58 bits per heavy atom. The van der Waals surface area contributed by atoms with Crippen LogP contribution in [0, 0.1) is 12.8 Å². The van der Waals surface area contributed by atoms with Gasteiger partial charge in [0.25, 0.3) is 0 Å². The van der Waals surface area contributed by atoms with E-state index in [1.165, 1.54) is 6.08 Å². The molecule has 0 aliphatic carbocycles. The number of urea groups is 1. The minimum Gasteiger partial charge on any atom is -0.457 e. The predicted octanol–water partition coefficient (Wildman–Crippen LogP) is 1.59. The minimum absolute atomic E-state index is 0.0491. The lowest BCUT2D eigenvalue weighted by molar-refractivity contribution is -0.135. The lowest BCUT2D eigenvalue weighted by atomic mass is 9.93. The number of esters is 2. The maximum absolute atomic E-state index is 12.7. The number of piperidine rings is 1. The summed E-state index contributed by atoms with van der Waals surface area (Å²) in [6, 6.07) is 3.54. The van der Waals surface area contributed by atoms with Crippen LogP contribution in [0.5, 0.6) is 0 Å². The zero-order chi connectivity index (χ0) is 23.1. The third-order valence-electron chi connectivity index (χ3n) is 7.27. The van der Waals surface area contributed by atoms with Crippen LogP contribution in [-0.2, 0) is 20.9 Å². The summed E-state index contributed by atoms with van der Waals surface area (Å²) in [4.78, 5) is 41.6. The van der Waals surface area contributed by atoms with Crippen molar-refractivity contribution in [2.75, 3.05) is 45.9 Å². The highest BCUT2D eigenvalue weighted by Crippen LogP contribution is 2.30. The summed E-state index contributed by atoms with van der Waals surface area (Å²) in [7, 11) is 0. The van der Waals surface area contributed by atoms with Crippen molar-refractivity contribution in [2.24, 2.45) is 5.92 Å². The zero-order valence-corrected chi connectivity index (χ0v) is 18.8. The molecule has 0 spiro atoms. The fourth-order valence-corrected chi connectivity index (χ4v) is 5.27. The van der Waals surface area contributed by atoms with E-state index < -0.39 is 6.10 Å². The van der Waals surface area contributed by atoms with Crippen molar-refractivity contribution in [2.45, 2.75) is 32.5 Å². The number of β-amino-alcohol motifs (C(OH)–C–C–N with tert-alkyl or cyclic N) is 1. The van der Waals surface area contributed by atoms with Crippen LogP contribution >= 0.6 is 0 Å². The predicted molar refractivity (Wildman–Crippen MR) is 117 cm³/mol. The van der Waals surface area contributed by atoms with E-state index in [4.69, 9.17) is 9.47 Å². The van der Waals surface area contributed by atoms with Crippen molar-refractivity contribution in [3.05, 3.63) is 46.2 Å². The molecule has 2 amide bonds. The molecule has 1 atom stereocenters. The zero-order valence-electron chi connectivity index (χ0n) is 18.8. The molecule has 0 unspecified atom stereocenters. The van der Waals surface area contributed by atoms with Gasteiger partial charge in [0.2, 0.25) is 0 Å². The number of hydrogen-bond acceptors (Lipinski definition) is 7. The molecule has 5 rings (SSSR count). The van der Waals surface area contributed by atoms with Crippen molar-refractivity contribution in [1.82, 2.24) is 14.7 Å². The highest BCUT2D eigenvalue weighted by atomic mass is 16.5. The molecule has 33 heavy (non-hydrogen) atoms. The minimum atomic E-state index is -0.624. The summed E-state index contributed by atoms with van der Waals surface area (Å²) in [6.45, 7) is 6.62. The van der Waals surface area contributed by atoms with Gasteiger partial charge in [-0.25, -0.2) is 14.4 Å². The van der Waals surface area contributed by atoms with E-state index in [1.807, 2.05) is 17.9 Å². The maximum atomic E-state index is 12.7. The van der Waals surface area contributed by atoms with Crippen LogP contribution in [0.3, 0.4) is 0 Å². The lowest BCUT2D eigenvalue weighted by Gasteiger charge is -2.35. The van der Waals surface area contributed by atoms with Crippen molar-refractivity contribution in [1.29, 1.82) is 0 Å². The number of ether oxygens (including phenoxy) is 2. The fourth-order valence-electron chi connectivity index (χ4n) is 5.27. The van der Waals surface area contributed by atoms with E-state index in [-0.39, 0.29) is 31.2 Å². The van der Waals surface area contributed by atoms with E-state index >= 15 is 0 Å². The van der Waals surface area contributed by atoms with Crippen LogP contribution in [0.25, 0.3) is 0 Å². The molecule has 9 nitrogen and oxygen atoms in total. The summed E-state index contributed by atoms with van der Waals surface area (Å²) in [5.41, 5.74) is 3.91. The smallest absolute Gasteiger partial charge is 0.338 e. The number of aliphatic hydroxyl groups excluding tert-OH is 1. The van der Waals surface area contributed by atoms with Crippen LogP contribution in [0.15, 0.2) is 23.9 Å². The van der Waals surface area contributed by atoms with E-state index in [1.54, 1.807) is 11.0 Å². The molecule has 176 valence electrons. The second-order valence-corrected chi connectivity index (χ2v) is 9.27. The number of cyclic esters (lactones) is 2. The van der Waals surface area contributed by atoms with Gasteiger partial charge in [0.05, 0.1) is 17.4 Å². The van der Waals surface area contributed by atoms with Crippen molar-refractivity contribution < 1.29 is 29.0 Å². The van der Waals surface area contributed by atoms with Crippen molar-refractivity contribution >= 4 is 18.0 Å². The molecule has 0 bridgehead atoms. The van der Waals surface area contributed by atoms with Gasteiger partial charge in [-0.15, -0.1) is 0 Å². The highest BCUT2D eigenvalue weighted by Gasteiger charge is 2.35. The Hall–Kier alpha value is -2.91. The topological polar surface area (TPSA) is 99.6 Å². The standard InChI is InChI=1S/C24H29N3O6/c1-15-18(2-3-19-20(15)14-33-23(19)30)21(28)12-25-6-4-16(5-7-25)11-26-8-9-27(24(26)31)17-10-22(29)32-13-17/h2-3,10,16,21,28H,4-9,11-14H2,1H3/t21-/m0/s1. The summed E-state index contributed by atoms with van der Waals surface area (Å²) in [6.07, 6.45) is 2.71. The Bertz CT molecular complexity index is 1010. The van der Waals surface area contributed by atoms with Crippen LogP contribution in [0.1, 0.15) is 46.0 Å². The normalized spacial score (nSPS) is 22.5. The molecule has 4 aliphatic rings. The van der Waals surface area contributed by atoms with Gasteiger partial charge in [-0.1, -0.05) is 6.07 Å². The Morgan fingerprint density at radius 2 is 1.85 bits per heavy atom. The third-order valence-corrected chi connectivity index (χ3v) is 7.27. The van der Waals surface area contributed by atoms with Gasteiger partial charge in [0.15, 0.2) is 0 Å². The first-order valence-electron chi connectivity index (χ1n) is 11.5. The third kappa shape index (κ3) is 4.22. The number of nitrogens with zero attached hydrogens (tertiary/aromatic N) is 3. The number of amides is 2. The van der Waals surface area contributed by atoms with Gasteiger partial charge in [-0.2, -0.15) is 0 Å². The van der Waals surface area contributed by atoms with Crippen LogP contribution in [0.4, 0.5) is 4.79 Å². The van der Waals surface area contributed by atoms with E-state index in [0.717, 1.165) is 42.6 Å². The first kappa shape index (κ1) is 21.9. The number of carbonyl (C=O) groups excluding carboxylic acids is 3. The van der Waals surface area contributed by atoms with E-state index in [9.17, 15) is 19.5 Å². The van der Waals surface area contributed by atoms with Gasteiger partial charge in [0.1, 0.15) is 13.2 Å². The molecule has 1 aromatic carbocycles. The molecule has 9 heteroatoms. The molecule has 0 radical (unpaired) electrons. The van der Waals surface area contributed by atoms with Crippen LogP contribution < -0.4 is 0 Å². The second kappa shape index (κ2) is 8.79. The van der Waals surface area contributed by atoms with Crippen molar-refractivity contribution in [3.8, 4) is 0 Å². The molecule has 4 heterocycles. The summed E-state index contributed by atoms with van der Waals surface area (Å²) in [5, 5.41) is 10.9. The molecular weight excluding hydrogens is 426 g/mol. The van der Waals surface area contributed by atoms with Crippen molar-refractivity contribution in [3.63, 3.8) is 0 Å². The molecule has 2 saturated heterocycles. The van der Waals surface area contributed by atoms with Gasteiger partial charge in [-0.3, -0.25) is 4.90 Å². The number of rotatable bonds is 6. The summed E-state index contributed by atoms with van der Waals surface area (Å²) >= 11 is 0. The van der Waals surface area contributed by atoms with Gasteiger partial charge in [-0.05, 0) is 56.0 Å². The molecular formula is C24H29N3O6. The Morgan fingerprint density at radius 1 is 1.06 bits per heavy atom. The summed E-state index contributed by atoms with van der Waals surface area (Å²) in [5.74, 6) is -0.261. The average molecular weight is 456 g/mol. The summed E-state index contributed by atoms with van der Waals surface area (Å²) < 4.78 is 10.0. The first-order chi connectivity index (χ1) is 15.9. The molecule has 0 saturated carbocycles. The second-order valence-electron chi connectivity index (χ2n) is 9.27. The largest absolute Gasteiger partial charge is 0.457 e. The SMILES string of the molecule is Cc1c([C@@H](O)CN2CCC(CN3CCN(C4=CC(=O)OC4)C3=O)CC2)ccc2c1COC2=O. The average Bonchev–Trinajstić information content (AvgIpc) is 3.49. The van der Waals surface area contributed by atoms with Crippen LogP contribution in [-0.4, -0.2) is 83.7 Å². The number of benzene rings is 1. The highest BCUT2D eigenvalue weighted by molar-refractivity contribution is 5.94. The van der Waals surface area contributed by atoms with E-state index in [2.05, 4.69) is 4.90 Å². The lowest BCUT2D eigenvalue weighted by Crippen LogP contribution is -2.41. The Kier molecular flexibility index (Phi) is 5.84. The molecule has 1 N–H and O–H groups in total. The molecule has 0 aromatic heterocycles. The Labute approximate surface area is 192 Å². The monoisotopic (exact) mass is 455 g/mol. The van der Waals surface area contributed by atoms with Gasteiger partial charge >= 0.3 is 18.0 Å². The molecule has 1 aromatic rings.